The van der Waals surface area contributed by atoms with E-state index in [9.17, 15) is 9.59 Å². The standard InChI is InChI=1S/C32H32N4O3S2/c1-6-33-26-16-15-23(20(2)37)18-27(26)34-32-36(19-22-11-8-7-9-12-22)30(38)29(41-32)31-35(4)28(21(3)40-31)24-13-10-14-25(17-24)39-5/h7-18,33H,6,19H2,1-5H3. The summed E-state index contributed by atoms with van der Waals surface area (Å²) in [5.41, 5.74) is 5.07. The van der Waals surface area contributed by atoms with Gasteiger partial charge in [0, 0.05) is 29.6 Å². The van der Waals surface area contributed by atoms with Crippen LogP contribution in [-0.4, -0.2) is 47.4 Å². The monoisotopic (exact) mass is 584 g/mol. The maximum atomic E-state index is 14.1. The first kappa shape index (κ1) is 28.6. The Morgan fingerprint density at radius 1 is 1.02 bits per heavy atom. The molecule has 1 fully saturated rings. The Balaban J connectivity index is 1.58. The van der Waals surface area contributed by atoms with E-state index < -0.39 is 0 Å². The van der Waals surface area contributed by atoms with E-state index in [2.05, 4.69) is 23.2 Å². The van der Waals surface area contributed by atoms with E-state index in [0.29, 0.717) is 34.4 Å². The molecule has 0 spiro atoms. The molecule has 0 unspecified atom stereocenters. The number of Topliss-reactive ketones (excluding diaryl/α,β-unsaturated/α-hetero) is 1. The fourth-order valence-electron chi connectivity index (χ4n) is 4.77. The number of benzene rings is 3. The molecule has 2 aliphatic rings. The van der Waals surface area contributed by atoms with Crippen LogP contribution in [0.4, 0.5) is 11.4 Å². The minimum atomic E-state index is -0.0978. The van der Waals surface area contributed by atoms with Gasteiger partial charge in [0.2, 0.25) is 0 Å². The maximum Gasteiger partial charge on any atom is 0.269 e. The van der Waals surface area contributed by atoms with Crippen molar-refractivity contribution < 1.29 is 14.3 Å². The third-order valence-electron chi connectivity index (χ3n) is 6.80. The summed E-state index contributed by atoms with van der Waals surface area (Å²) in [6, 6.07) is 23.3. The van der Waals surface area contributed by atoms with Crippen molar-refractivity contribution in [1.29, 1.82) is 0 Å². The van der Waals surface area contributed by atoms with Crippen molar-refractivity contribution in [3.05, 3.63) is 104 Å². The second-order valence-corrected chi connectivity index (χ2v) is 11.8. The number of hydrogen-bond donors (Lipinski definition) is 1. The molecule has 0 bridgehead atoms. The summed E-state index contributed by atoms with van der Waals surface area (Å²) in [4.78, 5) is 36.8. The Bertz CT molecular complexity index is 1600. The van der Waals surface area contributed by atoms with Gasteiger partial charge in [-0.25, -0.2) is 4.99 Å². The van der Waals surface area contributed by atoms with Crippen molar-refractivity contribution >= 4 is 57.5 Å². The van der Waals surface area contributed by atoms with Crippen molar-refractivity contribution in [2.75, 3.05) is 26.0 Å². The zero-order chi connectivity index (χ0) is 29.1. The molecule has 3 aromatic carbocycles. The van der Waals surface area contributed by atoms with Crippen molar-refractivity contribution in [3.8, 4) is 5.75 Å². The van der Waals surface area contributed by atoms with Crippen LogP contribution in [0.5, 0.6) is 5.75 Å². The first-order valence-electron chi connectivity index (χ1n) is 13.3. The third kappa shape index (κ3) is 5.92. The summed E-state index contributed by atoms with van der Waals surface area (Å²) in [7, 11) is 3.65. The molecule has 2 heterocycles. The fourth-order valence-corrected chi connectivity index (χ4v) is 7.08. The average molecular weight is 585 g/mol. The number of allylic oxidation sites excluding steroid dienone is 1. The van der Waals surface area contributed by atoms with Gasteiger partial charge in [0.05, 0.1) is 35.8 Å². The van der Waals surface area contributed by atoms with Crippen molar-refractivity contribution in [3.63, 3.8) is 0 Å². The zero-order valence-electron chi connectivity index (χ0n) is 23.7. The number of nitrogens with zero attached hydrogens (tertiary/aromatic N) is 3. The van der Waals surface area contributed by atoms with Crippen molar-refractivity contribution in [1.82, 2.24) is 9.80 Å². The second kappa shape index (κ2) is 12.3. The molecule has 2 aliphatic heterocycles. The average Bonchev–Trinajstić information content (AvgIpc) is 3.44. The van der Waals surface area contributed by atoms with Crippen LogP contribution in [-0.2, 0) is 11.3 Å². The van der Waals surface area contributed by atoms with Crippen LogP contribution < -0.4 is 10.1 Å². The van der Waals surface area contributed by atoms with Crippen LogP contribution in [0.15, 0.2) is 92.6 Å². The number of amidine groups is 1. The van der Waals surface area contributed by atoms with Gasteiger partial charge in [0.25, 0.3) is 5.91 Å². The largest absolute Gasteiger partial charge is 0.497 e. The van der Waals surface area contributed by atoms with Crippen LogP contribution in [0, 0.1) is 0 Å². The Labute approximate surface area is 249 Å². The van der Waals surface area contributed by atoms with E-state index in [4.69, 9.17) is 9.73 Å². The summed E-state index contributed by atoms with van der Waals surface area (Å²) < 4.78 is 5.45. The number of rotatable bonds is 8. The Kier molecular flexibility index (Phi) is 8.56. The molecular weight excluding hydrogens is 553 g/mol. The summed E-state index contributed by atoms with van der Waals surface area (Å²) in [6.45, 7) is 6.71. The van der Waals surface area contributed by atoms with E-state index in [0.717, 1.165) is 38.2 Å². The van der Waals surface area contributed by atoms with E-state index in [1.54, 1.807) is 42.8 Å². The molecule has 1 N–H and O–H groups in total. The van der Waals surface area contributed by atoms with Crippen LogP contribution in [0.25, 0.3) is 5.70 Å². The highest BCUT2D eigenvalue weighted by atomic mass is 32.2. The molecule has 7 nitrogen and oxygen atoms in total. The second-order valence-electron chi connectivity index (χ2n) is 9.62. The number of carbonyl (C=O) groups is 2. The lowest BCUT2D eigenvalue weighted by Crippen LogP contribution is -2.29. The molecule has 0 aliphatic carbocycles. The van der Waals surface area contributed by atoms with Gasteiger partial charge in [-0.2, -0.15) is 0 Å². The minimum Gasteiger partial charge on any atom is -0.497 e. The highest BCUT2D eigenvalue weighted by Crippen LogP contribution is 2.50. The predicted octanol–water partition coefficient (Wildman–Crippen LogP) is 7.33. The molecule has 41 heavy (non-hydrogen) atoms. The first-order chi connectivity index (χ1) is 19.8. The number of thioether (sulfide) groups is 2. The number of ketones is 1. The Hall–Kier alpha value is -3.95. The molecule has 5 rings (SSSR count). The molecule has 3 aromatic rings. The number of nitrogens with one attached hydrogen (secondary N) is 1. The SMILES string of the molecule is CCNc1ccc(C(C)=O)cc1N=C1SC(=C2SC(C)=C(c3cccc(OC)c3)N2C)C(=O)N1Cc1ccccc1. The number of carbonyl (C=O) groups excluding carboxylic acids is 2. The van der Waals surface area contributed by atoms with Gasteiger partial charge in [0.1, 0.15) is 10.7 Å². The van der Waals surface area contributed by atoms with Crippen molar-refractivity contribution in [2.24, 2.45) is 4.99 Å². The normalized spacial score (nSPS) is 18.1. The van der Waals surface area contributed by atoms with Gasteiger partial charge in [-0.3, -0.25) is 14.5 Å². The van der Waals surface area contributed by atoms with Gasteiger partial charge in [-0.05, 0) is 68.4 Å². The fraction of sp³-hybridized carbons (Fsp3) is 0.219. The Morgan fingerprint density at radius 2 is 1.80 bits per heavy atom. The smallest absolute Gasteiger partial charge is 0.269 e. The maximum absolute atomic E-state index is 14.1. The van der Waals surface area contributed by atoms with E-state index in [1.807, 2.05) is 68.6 Å². The van der Waals surface area contributed by atoms with Gasteiger partial charge in [-0.1, -0.05) is 54.2 Å². The van der Waals surface area contributed by atoms with E-state index in [1.165, 1.54) is 11.8 Å². The molecule has 0 radical (unpaired) electrons. The topological polar surface area (TPSA) is 74.2 Å². The highest BCUT2D eigenvalue weighted by molar-refractivity contribution is 8.19. The van der Waals surface area contributed by atoms with Gasteiger partial charge < -0.3 is 15.0 Å². The van der Waals surface area contributed by atoms with Crippen LogP contribution in [0.1, 0.15) is 42.3 Å². The summed E-state index contributed by atoms with van der Waals surface area (Å²) in [5, 5.41) is 4.77. The molecule has 0 atom stereocenters. The number of ether oxygens (including phenoxy) is 1. The molecular formula is C32H32N4O3S2. The summed E-state index contributed by atoms with van der Waals surface area (Å²) in [5.74, 6) is 0.643. The quantitative estimate of drug-likeness (QED) is 0.220. The third-order valence-corrected chi connectivity index (χ3v) is 9.16. The molecule has 9 heteroatoms. The van der Waals surface area contributed by atoms with Gasteiger partial charge in [-0.15, -0.1) is 0 Å². The molecule has 1 saturated heterocycles. The molecule has 210 valence electrons. The number of aliphatic imine (C=N–C) groups is 1. The Morgan fingerprint density at radius 3 is 2.51 bits per heavy atom. The van der Waals surface area contributed by atoms with E-state index >= 15 is 0 Å². The molecule has 1 amide bonds. The number of methoxy groups -OCH3 is 1. The van der Waals surface area contributed by atoms with Gasteiger partial charge >= 0.3 is 0 Å². The van der Waals surface area contributed by atoms with Crippen molar-refractivity contribution in [2.45, 2.75) is 27.3 Å². The number of amides is 1. The van der Waals surface area contributed by atoms with Crippen LogP contribution in [0.3, 0.4) is 0 Å². The van der Waals surface area contributed by atoms with Crippen LogP contribution in [0.2, 0.25) is 0 Å². The minimum absolute atomic E-state index is 0.0378. The summed E-state index contributed by atoms with van der Waals surface area (Å²) in [6.07, 6.45) is 0. The lowest BCUT2D eigenvalue weighted by molar-refractivity contribution is -0.122. The lowest BCUT2D eigenvalue weighted by Gasteiger charge is -2.20. The molecule has 0 aromatic heterocycles. The number of anilines is 1. The zero-order valence-corrected chi connectivity index (χ0v) is 25.4. The highest BCUT2D eigenvalue weighted by Gasteiger charge is 2.39. The first-order valence-corrected chi connectivity index (χ1v) is 15.0. The van der Waals surface area contributed by atoms with Gasteiger partial charge in [0.15, 0.2) is 11.0 Å². The van der Waals surface area contributed by atoms with Crippen LogP contribution >= 0.6 is 23.5 Å². The predicted molar refractivity (Wildman–Crippen MR) is 170 cm³/mol. The summed E-state index contributed by atoms with van der Waals surface area (Å²) >= 11 is 2.96. The number of hydrogen-bond acceptors (Lipinski definition) is 8. The lowest BCUT2D eigenvalue weighted by atomic mass is 10.1. The molecule has 0 saturated carbocycles. The van der Waals surface area contributed by atoms with E-state index in [-0.39, 0.29) is 11.7 Å².